The average Bonchev–Trinajstić information content (AvgIpc) is 2.17. The summed E-state index contributed by atoms with van der Waals surface area (Å²) in [5.74, 6) is 1.62. The summed E-state index contributed by atoms with van der Waals surface area (Å²) in [6.45, 7) is 0. The van der Waals surface area contributed by atoms with Gasteiger partial charge in [-0.05, 0) is 11.6 Å². The van der Waals surface area contributed by atoms with E-state index in [1.54, 1.807) is 24.3 Å². The van der Waals surface area contributed by atoms with Crippen molar-refractivity contribution in [1.82, 2.24) is 0 Å². The van der Waals surface area contributed by atoms with Crippen molar-refractivity contribution in [2.24, 2.45) is 0 Å². The fraction of sp³-hybridized carbons (Fsp3) is 0.182. The van der Waals surface area contributed by atoms with Gasteiger partial charge in [-0.3, -0.25) is 0 Å². The minimum Gasteiger partial charge on any atom is -0.227 e. The van der Waals surface area contributed by atoms with E-state index < -0.39 is 9.84 Å². The number of benzene rings is 1. The van der Waals surface area contributed by atoms with Crippen LogP contribution in [0.4, 0.5) is 0 Å². The number of nitriles is 1. The second-order valence-corrected chi connectivity index (χ2v) is 5.07. The zero-order valence-electron chi connectivity index (χ0n) is 7.97. The minimum absolute atomic E-state index is 0.180. The first kappa shape index (κ1) is 11.3. The summed E-state index contributed by atoms with van der Waals surface area (Å²) >= 11 is 0. The van der Waals surface area contributed by atoms with Crippen molar-refractivity contribution in [3.05, 3.63) is 35.4 Å². The molecule has 0 heterocycles. The quantitative estimate of drug-likeness (QED) is 0.715. The molecular formula is C11H9NO2S. The third-order valence-electron chi connectivity index (χ3n) is 1.82. The van der Waals surface area contributed by atoms with Crippen molar-refractivity contribution in [2.75, 3.05) is 5.75 Å². The Bertz CT molecular complexity index is 532. The van der Waals surface area contributed by atoms with E-state index >= 15 is 0 Å². The molecule has 0 amide bonds. The van der Waals surface area contributed by atoms with Gasteiger partial charge in [-0.1, -0.05) is 24.1 Å². The molecule has 3 nitrogen and oxygen atoms in total. The van der Waals surface area contributed by atoms with Crippen LogP contribution < -0.4 is 0 Å². The molecule has 1 aromatic rings. The first-order valence-electron chi connectivity index (χ1n) is 4.21. The van der Waals surface area contributed by atoms with Gasteiger partial charge in [0, 0.05) is 0 Å². The highest BCUT2D eigenvalue weighted by atomic mass is 32.2. The Balaban J connectivity index is 3.02. The molecule has 0 saturated heterocycles. The second kappa shape index (κ2) is 4.63. The van der Waals surface area contributed by atoms with E-state index in [1.807, 2.05) is 6.07 Å². The van der Waals surface area contributed by atoms with Crippen LogP contribution in [0.2, 0.25) is 0 Å². The van der Waals surface area contributed by atoms with Gasteiger partial charge in [-0.15, -0.1) is 6.42 Å². The van der Waals surface area contributed by atoms with Crippen molar-refractivity contribution in [3.8, 4) is 18.4 Å². The third-order valence-corrected chi connectivity index (χ3v) is 3.17. The van der Waals surface area contributed by atoms with Gasteiger partial charge in [0.1, 0.15) is 5.75 Å². The molecule has 1 aromatic carbocycles. The number of nitrogens with zero attached hydrogens (tertiary/aromatic N) is 1. The molecule has 0 spiro atoms. The van der Waals surface area contributed by atoms with E-state index in [4.69, 9.17) is 11.7 Å². The molecule has 0 fully saturated rings. The van der Waals surface area contributed by atoms with E-state index in [0.717, 1.165) is 0 Å². The monoisotopic (exact) mass is 219 g/mol. The second-order valence-electron chi connectivity index (χ2n) is 3.01. The molecule has 0 aliphatic rings. The molecule has 0 unspecified atom stereocenters. The molecule has 0 aliphatic carbocycles. The van der Waals surface area contributed by atoms with Crippen molar-refractivity contribution in [1.29, 1.82) is 5.26 Å². The number of rotatable bonds is 3. The summed E-state index contributed by atoms with van der Waals surface area (Å²) in [6.07, 6.45) is 4.94. The van der Waals surface area contributed by atoms with Crippen molar-refractivity contribution < 1.29 is 8.42 Å². The first-order chi connectivity index (χ1) is 7.09. The maximum atomic E-state index is 11.4. The highest BCUT2D eigenvalue weighted by Gasteiger charge is 2.12. The summed E-state index contributed by atoms with van der Waals surface area (Å²) in [5.41, 5.74) is 0.869. The lowest BCUT2D eigenvalue weighted by atomic mass is 10.1. The molecule has 0 saturated carbocycles. The van der Waals surface area contributed by atoms with Gasteiger partial charge in [0.05, 0.1) is 17.4 Å². The molecule has 0 aromatic heterocycles. The lowest BCUT2D eigenvalue weighted by molar-refractivity contribution is 0.598. The fourth-order valence-electron chi connectivity index (χ4n) is 1.17. The van der Waals surface area contributed by atoms with Gasteiger partial charge >= 0.3 is 0 Å². The van der Waals surface area contributed by atoms with Gasteiger partial charge in [0.2, 0.25) is 0 Å². The SMILES string of the molecule is C#CCS(=O)(=O)Cc1ccccc1C#N. The summed E-state index contributed by atoms with van der Waals surface area (Å²) in [6, 6.07) is 8.53. The van der Waals surface area contributed by atoms with E-state index in [-0.39, 0.29) is 11.5 Å². The Morgan fingerprint density at radius 3 is 2.60 bits per heavy atom. The van der Waals surface area contributed by atoms with E-state index in [2.05, 4.69) is 5.92 Å². The number of hydrogen-bond donors (Lipinski definition) is 0. The summed E-state index contributed by atoms with van der Waals surface area (Å²) in [7, 11) is -3.30. The van der Waals surface area contributed by atoms with Crippen LogP contribution in [-0.4, -0.2) is 14.2 Å². The number of sulfone groups is 1. The number of terminal acetylenes is 1. The van der Waals surface area contributed by atoms with Crippen LogP contribution in [0.1, 0.15) is 11.1 Å². The summed E-state index contributed by atoms with van der Waals surface area (Å²) in [5, 5.41) is 8.76. The van der Waals surface area contributed by atoms with Gasteiger partial charge < -0.3 is 0 Å². The normalized spacial score (nSPS) is 10.3. The highest BCUT2D eigenvalue weighted by molar-refractivity contribution is 7.90. The third kappa shape index (κ3) is 3.12. The smallest absolute Gasteiger partial charge is 0.165 e. The highest BCUT2D eigenvalue weighted by Crippen LogP contribution is 2.11. The molecule has 0 bridgehead atoms. The van der Waals surface area contributed by atoms with Crippen LogP contribution >= 0.6 is 0 Å². The van der Waals surface area contributed by atoms with Crippen molar-refractivity contribution >= 4 is 9.84 Å². The van der Waals surface area contributed by atoms with Crippen LogP contribution in [0, 0.1) is 23.7 Å². The molecule has 1 rings (SSSR count). The topological polar surface area (TPSA) is 57.9 Å². The lowest BCUT2D eigenvalue weighted by Gasteiger charge is -2.02. The van der Waals surface area contributed by atoms with Gasteiger partial charge in [-0.2, -0.15) is 5.26 Å². The Hall–Kier alpha value is -1.78. The standard InChI is InChI=1S/C11H9NO2S/c1-2-7-15(13,14)9-11-6-4-3-5-10(11)8-12/h1,3-6H,7,9H2. The summed E-state index contributed by atoms with van der Waals surface area (Å²) in [4.78, 5) is 0. The molecule has 0 atom stereocenters. The Morgan fingerprint density at radius 2 is 2.00 bits per heavy atom. The Morgan fingerprint density at radius 1 is 1.33 bits per heavy atom. The van der Waals surface area contributed by atoms with E-state index in [1.165, 1.54) is 0 Å². The van der Waals surface area contributed by atoms with Gasteiger partial charge in [0.25, 0.3) is 0 Å². The molecule has 0 radical (unpaired) electrons. The molecule has 0 N–H and O–H groups in total. The summed E-state index contributed by atoms with van der Waals surface area (Å²) < 4.78 is 22.8. The fourth-order valence-corrected chi connectivity index (χ4v) is 2.25. The molecular weight excluding hydrogens is 210 g/mol. The van der Waals surface area contributed by atoms with Crippen LogP contribution in [0.15, 0.2) is 24.3 Å². The zero-order valence-corrected chi connectivity index (χ0v) is 8.79. The van der Waals surface area contributed by atoms with E-state index in [9.17, 15) is 8.42 Å². The van der Waals surface area contributed by atoms with Crippen LogP contribution in [-0.2, 0) is 15.6 Å². The lowest BCUT2D eigenvalue weighted by Crippen LogP contribution is -2.08. The minimum atomic E-state index is -3.30. The van der Waals surface area contributed by atoms with Crippen molar-refractivity contribution in [3.63, 3.8) is 0 Å². The maximum Gasteiger partial charge on any atom is 0.165 e. The molecule has 76 valence electrons. The zero-order chi connectivity index (χ0) is 11.3. The van der Waals surface area contributed by atoms with Crippen LogP contribution in [0.25, 0.3) is 0 Å². The Kier molecular flexibility index (Phi) is 3.49. The number of hydrogen-bond acceptors (Lipinski definition) is 3. The Labute approximate surface area is 89.3 Å². The van der Waals surface area contributed by atoms with Gasteiger partial charge in [-0.25, -0.2) is 8.42 Å². The van der Waals surface area contributed by atoms with Crippen LogP contribution in [0.5, 0.6) is 0 Å². The first-order valence-corrected chi connectivity index (χ1v) is 6.03. The molecule has 0 aliphatic heterocycles. The van der Waals surface area contributed by atoms with Crippen LogP contribution in [0.3, 0.4) is 0 Å². The predicted molar refractivity (Wildman–Crippen MR) is 57.5 cm³/mol. The predicted octanol–water partition coefficient (Wildman–Crippen LogP) is 1.11. The van der Waals surface area contributed by atoms with E-state index in [0.29, 0.717) is 11.1 Å². The molecule has 15 heavy (non-hydrogen) atoms. The average molecular weight is 219 g/mol. The maximum absolute atomic E-state index is 11.4. The van der Waals surface area contributed by atoms with Gasteiger partial charge in [0.15, 0.2) is 9.84 Å². The van der Waals surface area contributed by atoms with Crippen molar-refractivity contribution in [2.45, 2.75) is 5.75 Å². The largest absolute Gasteiger partial charge is 0.227 e. The molecule has 4 heteroatoms.